The number of hydrogen-bond donors (Lipinski definition) is 0. The molecule has 0 saturated heterocycles. The molecule has 2 aromatic rings. The molecule has 0 saturated carbocycles. The Hall–Kier alpha value is -1.80. The highest BCUT2D eigenvalue weighted by atomic mass is 16.7. The second kappa shape index (κ2) is 3.99. The molecule has 0 aromatic heterocycles. The van der Waals surface area contributed by atoms with Crippen LogP contribution in [-0.2, 0) is 18.0 Å². The molecule has 16 heavy (non-hydrogen) atoms. The van der Waals surface area contributed by atoms with Crippen LogP contribution >= 0.6 is 0 Å². The molecule has 0 spiro atoms. The number of rotatable bonds is 1. The normalized spacial score (nSPS) is 14.6. The minimum absolute atomic E-state index is 0.658. The van der Waals surface area contributed by atoms with Crippen LogP contribution in [0.5, 0.6) is 0 Å². The zero-order valence-corrected chi connectivity index (χ0v) is 8.97. The summed E-state index contributed by atoms with van der Waals surface area (Å²) in [6.07, 6.45) is 0. The van der Waals surface area contributed by atoms with E-state index < -0.39 is 0 Å². The van der Waals surface area contributed by atoms with Crippen LogP contribution in [0, 0.1) is 0 Å². The molecule has 1 aliphatic heterocycles. The fourth-order valence-electron chi connectivity index (χ4n) is 1.96. The van der Waals surface area contributed by atoms with E-state index in [4.69, 9.17) is 4.84 Å². The van der Waals surface area contributed by atoms with Gasteiger partial charge in [-0.05, 0) is 23.3 Å². The first-order chi connectivity index (χ1) is 7.93. The number of para-hydroxylation sites is 1. The van der Waals surface area contributed by atoms with Gasteiger partial charge in [0.25, 0.3) is 0 Å². The van der Waals surface area contributed by atoms with Gasteiger partial charge in [-0.15, -0.1) is 0 Å². The van der Waals surface area contributed by atoms with Gasteiger partial charge in [-0.2, -0.15) is 0 Å². The second-order valence-corrected chi connectivity index (χ2v) is 3.91. The summed E-state index contributed by atoms with van der Waals surface area (Å²) in [5, 5.41) is 1.95. The molecule has 0 aliphatic carbocycles. The molecule has 80 valence electrons. The molecule has 3 rings (SSSR count). The van der Waals surface area contributed by atoms with Crippen molar-refractivity contribution < 1.29 is 4.84 Å². The second-order valence-electron chi connectivity index (χ2n) is 3.91. The first kappa shape index (κ1) is 9.43. The van der Waals surface area contributed by atoms with E-state index in [-0.39, 0.29) is 0 Å². The van der Waals surface area contributed by atoms with E-state index in [2.05, 4.69) is 36.4 Å². The van der Waals surface area contributed by atoms with Crippen LogP contribution in [0.3, 0.4) is 0 Å². The summed E-state index contributed by atoms with van der Waals surface area (Å²) in [6, 6.07) is 18.6. The average Bonchev–Trinajstić information content (AvgIpc) is 2.39. The highest BCUT2D eigenvalue weighted by Crippen LogP contribution is 2.24. The zero-order valence-electron chi connectivity index (χ0n) is 8.97. The van der Waals surface area contributed by atoms with E-state index in [1.807, 2.05) is 23.3 Å². The SMILES string of the molecule is c1ccc(N2Cc3ccccc3CO2)cc1. The monoisotopic (exact) mass is 211 g/mol. The molecule has 0 fully saturated rings. The molecule has 1 aliphatic rings. The summed E-state index contributed by atoms with van der Waals surface area (Å²) in [5.74, 6) is 0. The highest BCUT2D eigenvalue weighted by Gasteiger charge is 2.16. The van der Waals surface area contributed by atoms with Crippen LogP contribution in [0.1, 0.15) is 11.1 Å². The third-order valence-corrected chi connectivity index (χ3v) is 2.85. The average molecular weight is 211 g/mol. The summed E-state index contributed by atoms with van der Waals surface area (Å²) < 4.78 is 0. The maximum Gasteiger partial charge on any atom is 0.100 e. The Labute approximate surface area is 95.0 Å². The van der Waals surface area contributed by atoms with E-state index in [9.17, 15) is 0 Å². The fraction of sp³-hybridized carbons (Fsp3) is 0.143. The van der Waals surface area contributed by atoms with Crippen molar-refractivity contribution in [3.8, 4) is 0 Å². The minimum Gasteiger partial charge on any atom is -0.268 e. The van der Waals surface area contributed by atoms with Gasteiger partial charge < -0.3 is 0 Å². The summed E-state index contributed by atoms with van der Waals surface area (Å²) in [4.78, 5) is 5.72. The maximum absolute atomic E-state index is 5.72. The smallest absolute Gasteiger partial charge is 0.100 e. The predicted molar refractivity (Wildman–Crippen MR) is 63.9 cm³/mol. The van der Waals surface area contributed by atoms with Gasteiger partial charge in [0.1, 0.15) is 6.61 Å². The number of nitrogens with zero attached hydrogens (tertiary/aromatic N) is 1. The van der Waals surface area contributed by atoms with Gasteiger partial charge in [0, 0.05) is 0 Å². The topological polar surface area (TPSA) is 12.5 Å². The molecule has 0 unspecified atom stereocenters. The minimum atomic E-state index is 0.658. The number of hydroxylamine groups is 1. The van der Waals surface area contributed by atoms with Crippen molar-refractivity contribution in [2.75, 3.05) is 5.06 Å². The number of anilines is 1. The van der Waals surface area contributed by atoms with Crippen LogP contribution in [0.4, 0.5) is 5.69 Å². The molecule has 0 amide bonds. The molecular weight excluding hydrogens is 198 g/mol. The lowest BCUT2D eigenvalue weighted by molar-refractivity contribution is 0.0780. The van der Waals surface area contributed by atoms with Crippen molar-refractivity contribution in [2.24, 2.45) is 0 Å². The first-order valence-corrected chi connectivity index (χ1v) is 5.46. The van der Waals surface area contributed by atoms with Crippen molar-refractivity contribution >= 4 is 5.69 Å². The maximum atomic E-state index is 5.72. The standard InChI is InChI=1S/C14H13NO/c1-2-8-14(9-3-1)15-10-12-6-4-5-7-13(12)11-16-15/h1-9H,10-11H2. The van der Waals surface area contributed by atoms with E-state index in [0.29, 0.717) is 6.61 Å². The van der Waals surface area contributed by atoms with Gasteiger partial charge >= 0.3 is 0 Å². The largest absolute Gasteiger partial charge is 0.268 e. The van der Waals surface area contributed by atoms with Crippen molar-refractivity contribution in [1.29, 1.82) is 0 Å². The fourth-order valence-corrected chi connectivity index (χ4v) is 1.96. The Kier molecular flexibility index (Phi) is 2.35. The number of fused-ring (bicyclic) bond motifs is 1. The highest BCUT2D eigenvalue weighted by molar-refractivity contribution is 5.45. The Bertz CT molecular complexity index is 481. The molecule has 2 aromatic carbocycles. The molecule has 1 heterocycles. The lowest BCUT2D eigenvalue weighted by atomic mass is 10.1. The Morgan fingerprint density at radius 2 is 1.50 bits per heavy atom. The van der Waals surface area contributed by atoms with Crippen molar-refractivity contribution in [1.82, 2.24) is 0 Å². The first-order valence-electron chi connectivity index (χ1n) is 5.46. The molecule has 2 nitrogen and oxygen atoms in total. The zero-order chi connectivity index (χ0) is 10.8. The van der Waals surface area contributed by atoms with Gasteiger partial charge in [-0.3, -0.25) is 4.84 Å². The molecule has 0 atom stereocenters. The Morgan fingerprint density at radius 3 is 2.31 bits per heavy atom. The molecule has 0 N–H and O–H groups in total. The van der Waals surface area contributed by atoms with Crippen LogP contribution < -0.4 is 5.06 Å². The van der Waals surface area contributed by atoms with Crippen molar-refractivity contribution in [3.05, 3.63) is 65.7 Å². The molecule has 0 bridgehead atoms. The summed E-state index contributed by atoms with van der Waals surface area (Å²) in [6.45, 7) is 1.48. The summed E-state index contributed by atoms with van der Waals surface area (Å²) in [7, 11) is 0. The Balaban J connectivity index is 1.89. The third-order valence-electron chi connectivity index (χ3n) is 2.85. The summed E-state index contributed by atoms with van der Waals surface area (Å²) >= 11 is 0. The Morgan fingerprint density at radius 1 is 0.812 bits per heavy atom. The number of hydrogen-bond acceptors (Lipinski definition) is 2. The summed E-state index contributed by atoms with van der Waals surface area (Å²) in [5.41, 5.74) is 3.74. The van der Waals surface area contributed by atoms with Gasteiger partial charge in [-0.1, -0.05) is 42.5 Å². The quantitative estimate of drug-likeness (QED) is 0.718. The lowest BCUT2D eigenvalue weighted by Crippen LogP contribution is -2.27. The molecular formula is C14H13NO. The van der Waals surface area contributed by atoms with Crippen LogP contribution in [0.2, 0.25) is 0 Å². The van der Waals surface area contributed by atoms with Gasteiger partial charge in [-0.25, -0.2) is 5.06 Å². The van der Waals surface area contributed by atoms with Crippen LogP contribution in [0.15, 0.2) is 54.6 Å². The van der Waals surface area contributed by atoms with Gasteiger partial charge in [0.2, 0.25) is 0 Å². The number of benzene rings is 2. The predicted octanol–water partition coefficient (Wildman–Crippen LogP) is 3.14. The van der Waals surface area contributed by atoms with Crippen LogP contribution in [-0.4, -0.2) is 0 Å². The lowest BCUT2D eigenvalue weighted by Gasteiger charge is -2.29. The third kappa shape index (κ3) is 1.68. The van der Waals surface area contributed by atoms with Crippen molar-refractivity contribution in [3.63, 3.8) is 0 Å². The van der Waals surface area contributed by atoms with Crippen LogP contribution in [0.25, 0.3) is 0 Å². The molecule has 0 radical (unpaired) electrons. The van der Waals surface area contributed by atoms with Crippen molar-refractivity contribution in [2.45, 2.75) is 13.2 Å². The van der Waals surface area contributed by atoms with Gasteiger partial charge in [0.15, 0.2) is 0 Å². The van der Waals surface area contributed by atoms with E-state index in [1.165, 1.54) is 11.1 Å². The van der Waals surface area contributed by atoms with E-state index in [1.54, 1.807) is 0 Å². The van der Waals surface area contributed by atoms with E-state index >= 15 is 0 Å². The molecule has 2 heteroatoms. The van der Waals surface area contributed by atoms with Gasteiger partial charge in [0.05, 0.1) is 12.2 Å². The van der Waals surface area contributed by atoms with E-state index in [0.717, 1.165) is 12.2 Å².